The summed E-state index contributed by atoms with van der Waals surface area (Å²) in [6, 6.07) is 3.89. The van der Waals surface area contributed by atoms with Gasteiger partial charge in [-0.3, -0.25) is 19.7 Å². The molecule has 108 valence electrons. The molecule has 0 saturated heterocycles. The number of rotatable bonds is 5. The molecule has 2 N–H and O–H groups in total. The Kier molecular flexibility index (Phi) is 4.67. The van der Waals surface area contributed by atoms with Crippen LogP contribution in [0.25, 0.3) is 0 Å². The molecule has 1 unspecified atom stereocenters. The van der Waals surface area contributed by atoms with Gasteiger partial charge in [-0.25, -0.2) is 0 Å². The van der Waals surface area contributed by atoms with Crippen LogP contribution < -0.4 is 5.32 Å². The van der Waals surface area contributed by atoms with E-state index in [0.29, 0.717) is 0 Å². The topological polar surface area (TPSA) is 110 Å². The van der Waals surface area contributed by atoms with Gasteiger partial charge in [0, 0.05) is 30.1 Å². The second-order valence-corrected chi connectivity index (χ2v) is 4.86. The first-order chi connectivity index (χ1) is 9.22. The predicted molar refractivity (Wildman–Crippen MR) is 71.6 cm³/mol. The van der Waals surface area contributed by atoms with Crippen molar-refractivity contribution >= 4 is 29.2 Å². The molecule has 0 radical (unpaired) electrons. The average Bonchev–Trinajstić information content (AvgIpc) is 2.39. The molecular formula is C12H13ClN2O5. The van der Waals surface area contributed by atoms with Crippen molar-refractivity contribution in [1.82, 2.24) is 5.32 Å². The summed E-state index contributed by atoms with van der Waals surface area (Å²) in [5.41, 5.74) is -1.98. The molecule has 20 heavy (non-hydrogen) atoms. The van der Waals surface area contributed by atoms with Crippen molar-refractivity contribution in [2.45, 2.75) is 13.3 Å². The maximum absolute atomic E-state index is 11.7. The highest BCUT2D eigenvalue weighted by atomic mass is 35.5. The van der Waals surface area contributed by atoms with Crippen molar-refractivity contribution < 1.29 is 19.6 Å². The average molecular weight is 301 g/mol. The maximum atomic E-state index is 11.7. The molecule has 8 heteroatoms. The Labute approximate surface area is 119 Å². The summed E-state index contributed by atoms with van der Waals surface area (Å²) in [5.74, 6) is -2.09. The van der Waals surface area contributed by atoms with Crippen LogP contribution in [0.15, 0.2) is 18.2 Å². The largest absolute Gasteiger partial charge is 0.480 e. The second kappa shape index (κ2) is 5.87. The van der Waals surface area contributed by atoms with Gasteiger partial charge in [-0.05, 0) is 13.0 Å². The Bertz CT molecular complexity index is 575. The van der Waals surface area contributed by atoms with Crippen molar-refractivity contribution in [3.05, 3.63) is 38.9 Å². The van der Waals surface area contributed by atoms with Gasteiger partial charge in [0.15, 0.2) is 0 Å². The van der Waals surface area contributed by atoms with Gasteiger partial charge >= 0.3 is 5.97 Å². The Morgan fingerprint density at radius 1 is 1.50 bits per heavy atom. The molecule has 1 amide bonds. The van der Waals surface area contributed by atoms with Crippen molar-refractivity contribution in [2.75, 3.05) is 7.05 Å². The van der Waals surface area contributed by atoms with E-state index in [4.69, 9.17) is 11.6 Å². The van der Waals surface area contributed by atoms with Gasteiger partial charge in [-0.15, -0.1) is 0 Å². The van der Waals surface area contributed by atoms with E-state index in [1.54, 1.807) is 0 Å². The fourth-order valence-electron chi connectivity index (χ4n) is 1.77. The van der Waals surface area contributed by atoms with E-state index >= 15 is 0 Å². The number of hydrogen-bond acceptors (Lipinski definition) is 4. The summed E-state index contributed by atoms with van der Waals surface area (Å²) in [7, 11) is 1.31. The number of amides is 1. The van der Waals surface area contributed by atoms with E-state index in [-0.39, 0.29) is 22.7 Å². The number of nitrogens with one attached hydrogen (secondary N) is 1. The Hall–Kier alpha value is -2.15. The molecule has 0 aliphatic heterocycles. The fraction of sp³-hybridized carbons (Fsp3) is 0.333. The van der Waals surface area contributed by atoms with Crippen LogP contribution in [-0.4, -0.2) is 29.0 Å². The lowest BCUT2D eigenvalue weighted by atomic mass is 9.82. The molecule has 0 aromatic heterocycles. The van der Waals surface area contributed by atoms with Crippen molar-refractivity contribution in [1.29, 1.82) is 0 Å². The van der Waals surface area contributed by atoms with Gasteiger partial charge < -0.3 is 10.4 Å². The van der Waals surface area contributed by atoms with Gasteiger partial charge in [-0.1, -0.05) is 17.7 Å². The van der Waals surface area contributed by atoms with Gasteiger partial charge in [0.1, 0.15) is 5.41 Å². The van der Waals surface area contributed by atoms with Crippen LogP contribution in [0.1, 0.15) is 12.5 Å². The molecule has 0 fully saturated rings. The fourth-order valence-corrected chi connectivity index (χ4v) is 1.93. The van der Waals surface area contributed by atoms with E-state index in [0.717, 1.165) is 6.07 Å². The standard InChI is InChI=1S/C12H13ClN2O5/c1-12(11(17)18,10(16)14-2)6-7-3-4-8(13)5-9(7)15(19)20/h3-5H,6H2,1-2H3,(H,14,16)(H,17,18). The number of carboxylic acid groups (broad SMARTS) is 1. The van der Waals surface area contributed by atoms with E-state index in [1.807, 2.05) is 0 Å². The number of aliphatic carboxylic acids is 1. The minimum Gasteiger partial charge on any atom is -0.480 e. The normalized spacial score (nSPS) is 13.3. The summed E-state index contributed by atoms with van der Waals surface area (Å²) in [6.45, 7) is 1.21. The lowest BCUT2D eigenvalue weighted by molar-refractivity contribution is -0.385. The summed E-state index contributed by atoms with van der Waals surface area (Å²) >= 11 is 5.68. The summed E-state index contributed by atoms with van der Waals surface area (Å²) in [5, 5.41) is 22.6. The molecule has 1 rings (SSSR count). The first-order valence-corrected chi connectivity index (χ1v) is 5.98. The quantitative estimate of drug-likeness (QED) is 0.488. The number of halogens is 1. The van der Waals surface area contributed by atoms with Crippen molar-refractivity contribution in [3.8, 4) is 0 Å². The molecule has 0 saturated carbocycles. The smallest absolute Gasteiger partial charge is 0.319 e. The van der Waals surface area contributed by atoms with Crippen molar-refractivity contribution in [2.24, 2.45) is 5.41 Å². The first-order valence-electron chi connectivity index (χ1n) is 5.60. The molecule has 0 heterocycles. The van der Waals surface area contributed by atoms with Crippen LogP contribution in [0.4, 0.5) is 5.69 Å². The monoisotopic (exact) mass is 300 g/mol. The number of benzene rings is 1. The summed E-state index contributed by atoms with van der Waals surface area (Å²) in [6.07, 6.45) is -0.310. The van der Waals surface area contributed by atoms with E-state index in [1.165, 1.54) is 26.1 Å². The zero-order valence-corrected chi connectivity index (χ0v) is 11.6. The molecular weight excluding hydrogens is 288 g/mol. The van der Waals surface area contributed by atoms with Crippen LogP contribution >= 0.6 is 11.6 Å². The van der Waals surface area contributed by atoms with Crippen LogP contribution in [-0.2, 0) is 16.0 Å². The number of carboxylic acids is 1. The molecule has 1 atom stereocenters. The van der Waals surface area contributed by atoms with Gasteiger partial charge in [-0.2, -0.15) is 0 Å². The molecule has 0 aliphatic carbocycles. The van der Waals surface area contributed by atoms with Crippen LogP contribution in [0.5, 0.6) is 0 Å². The molecule has 1 aromatic carbocycles. The number of nitro benzene ring substituents is 1. The Morgan fingerprint density at radius 3 is 2.55 bits per heavy atom. The molecule has 0 bridgehead atoms. The Balaban J connectivity index is 3.29. The number of nitro groups is 1. The third-order valence-electron chi connectivity index (χ3n) is 2.99. The molecule has 7 nitrogen and oxygen atoms in total. The minimum atomic E-state index is -1.80. The molecule has 0 aliphatic rings. The zero-order valence-electron chi connectivity index (χ0n) is 10.8. The summed E-state index contributed by atoms with van der Waals surface area (Å²) in [4.78, 5) is 33.4. The lowest BCUT2D eigenvalue weighted by Gasteiger charge is -2.22. The highest BCUT2D eigenvalue weighted by Gasteiger charge is 2.42. The number of nitrogens with zero attached hydrogens (tertiary/aromatic N) is 1. The number of hydrogen-bond donors (Lipinski definition) is 2. The second-order valence-electron chi connectivity index (χ2n) is 4.42. The third-order valence-corrected chi connectivity index (χ3v) is 3.22. The SMILES string of the molecule is CNC(=O)C(C)(Cc1ccc(Cl)cc1[N+](=O)[O-])C(=O)O. The van der Waals surface area contributed by atoms with E-state index in [2.05, 4.69) is 5.32 Å². The maximum Gasteiger partial charge on any atom is 0.319 e. The third kappa shape index (κ3) is 3.05. The number of carbonyl (C=O) groups excluding carboxylic acids is 1. The first kappa shape index (κ1) is 15.9. The van der Waals surface area contributed by atoms with E-state index < -0.39 is 22.2 Å². The predicted octanol–water partition coefficient (Wildman–Crippen LogP) is 1.63. The highest BCUT2D eigenvalue weighted by molar-refractivity contribution is 6.30. The van der Waals surface area contributed by atoms with Crippen molar-refractivity contribution in [3.63, 3.8) is 0 Å². The summed E-state index contributed by atoms with van der Waals surface area (Å²) < 4.78 is 0. The van der Waals surface area contributed by atoms with Gasteiger partial charge in [0.2, 0.25) is 5.91 Å². The van der Waals surface area contributed by atoms with Crippen LogP contribution in [0.3, 0.4) is 0 Å². The van der Waals surface area contributed by atoms with E-state index in [9.17, 15) is 24.8 Å². The van der Waals surface area contributed by atoms with Crippen LogP contribution in [0.2, 0.25) is 5.02 Å². The molecule has 1 aromatic rings. The lowest BCUT2D eigenvalue weighted by Crippen LogP contribution is -2.44. The Morgan fingerprint density at radius 2 is 2.10 bits per heavy atom. The molecule has 0 spiro atoms. The number of carbonyl (C=O) groups is 2. The zero-order chi connectivity index (χ0) is 15.5. The highest BCUT2D eigenvalue weighted by Crippen LogP contribution is 2.30. The minimum absolute atomic E-state index is 0.132. The van der Waals surface area contributed by atoms with Crippen LogP contribution in [0, 0.1) is 15.5 Å². The van der Waals surface area contributed by atoms with Gasteiger partial charge in [0.05, 0.1) is 4.92 Å². The van der Waals surface area contributed by atoms with Gasteiger partial charge in [0.25, 0.3) is 5.69 Å².